The highest BCUT2D eigenvalue weighted by atomic mass is 127. The Morgan fingerprint density at radius 2 is 1.86 bits per heavy atom. The molecule has 0 saturated heterocycles. The van der Waals surface area contributed by atoms with Gasteiger partial charge in [-0.3, -0.25) is 0 Å². The molecule has 0 aliphatic rings. The normalized spacial score (nSPS) is 11.4. The van der Waals surface area contributed by atoms with Crippen LogP contribution in [0.2, 0.25) is 0 Å². The van der Waals surface area contributed by atoms with Crippen molar-refractivity contribution in [2.24, 2.45) is 0 Å². The molecule has 112 valence electrons. The number of rotatable bonds is 5. The summed E-state index contributed by atoms with van der Waals surface area (Å²) >= 11 is 2.18. The molecule has 1 aromatic heterocycles. The van der Waals surface area contributed by atoms with E-state index in [1.165, 1.54) is 6.26 Å². The molecule has 1 aromatic carbocycles. The molecule has 1 N–H and O–H groups in total. The third-order valence-electron chi connectivity index (χ3n) is 2.68. The van der Waals surface area contributed by atoms with Crippen LogP contribution in [0.3, 0.4) is 0 Å². The Bertz CT molecular complexity index is 733. The van der Waals surface area contributed by atoms with Gasteiger partial charge in [0.2, 0.25) is 0 Å². The number of nitrogens with one attached hydrogen (secondary N) is 1. The van der Waals surface area contributed by atoms with Gasteiger partial charge in [-0.15, -0.1) is 0 Å². The fraction of sp³-hybridized carbons (Fsp3) is 0.286. The first-order chi connectivity index (χ1) is 9.90. The lowest BCUT2D eigenvalue weighted by Crippen LogP contribution is -2.11. The van der Waals surface area contributed by atoms with Gasteiger partial charge < -0.3 is 5.32 Å². The Labute approximate surface area is 138 Å². The number of hydrogen-bond acceptors (Lipinski definition) is 5. The van der Waals surface area contributed by atoms with E-state index in [1.54, 1.807) is 0 Å². The maximum absolute atomic E-state index is 11.5. The SMILES string of the molecule is CCNc1nc(CS(C)(=O)=O)nc(-c2ccccc2)c1I. The molecule has 0 atom stereocenters. The number of benzene rings is 1. The minimum Gasteiger partial charge on any atom is -0.369 e. The van der Waals surface area contributed by atoms with Crippen LogP contribution in [0.1, 0.15) is 12.7 Å². The van der Waals surface area contributed by atoms with E-state index in [0.29, 0.717) is 18.2 Å². The molecular formula is C14H16IN3O2S. The number of hydrogen-bond donors (Lipinski definition) is 1. The van der Waals surface area contributed by atoms with Crippen molar-refractivity contribution in [3.63, 3.8) is 0 Å². The number of halogens is 1. The summed E-state index contributed by atoms with van der Waals surface area (Å²) in [5, 5.41) is 3.16. The van der Waals surface area contributed by atoms with Crippen LogP contribution in [0.25, 0.3) is 11.3 Å². The predicted molar refractivity (Wildman–Crippen MR) is 92.9 cm³/mol. The summed E-state index contributed by atoms with van der Waals surface area (Å²) in [5.74, 6) is 0.820. The van der Waals surface area contributed by atoms with Crippen molar-refractivity contribution < 1.29 is 8.42 Å². The highest BCUT2D eigenvalue weighted by Crippen LogP contribution is 2.28. The van der Waals surface area contributed by atoms with Crippen LogP contribution in [-0.2, 0) is 15.6 Å². The van der Waals surface area contributed by atoms with Gasteiger partial charge in [0.15, 0.2) is 9.84 Å². The second-order valence-corrected chi connectivity index (χ2v) is 7.84. The zero-order chi connectivity index (χ0) is 15.5. The van der Waals surface area contributed by atoms with Crippen LogP contribution in [0.15, 0.2) is 30.3 Å². The summed E-state index contributed by atoms with van der Waals surface area (Å²) in [7, 11) is -3.18. The van der Waals surface area contributed by atoms with E-state index in [4.69, 9.17) is 0 Å². The van der Waals surface area contributed by atoms with Gasteiger partial charge in [-0.2, -0.15) is 0 Å². The Morgan fingerprint density at radius 1 is 1.19 bits per heavy atom. The zero-order valence-corrected chi connectivity index (χ0v) is 14.8. The fourth-order valence-corrected chi connectivity index (χ4v) is 3.21. The molecule has 2 rings (SSSR count). The Balaban J connectivity index is 2.57. The summed E-state index contributed by atoms with van der Waals surface area (Å²) < 4.78 is 23.9. The third kappa shape index (κ3) is 4.37. The Hall–Kier alpha value is -1.22. The zero-order valence-electron chi connectivity index (χ0n) is 11.8. The quantitative estimate of drug-likeness (QED) is 0.758. The smallest absolute Gasteiger partial charge is 0.154 e. The van der Waals surface area contributed by atoms with Crippen LogP contribution in [0.5, 0.6) is 0 Å². The van der Waals surface area contributed by atoms with Gasteiger partial charge in [0, 0.05) is 18.4 Å². The summed E-state index contributed by atoms with van der Waals surface area (Å²) in [5.41, 5.74) is 1.69. The van der Waals surface area contributed by atoms with E-state index >= 15 is 0 Å². The Kier molecular flexibility index (Phi) is 5.15. The maximum atomic E-state index is 11.5. The minimum atomic E-state index is -3.18. The number of nitrogens with zero attached hydrogens (tertiary/aromatic N) is 2. The first kappa shape index (κ1) is 16.2. The summed E-state index contributed by atoms with van der Waals surface area (Å²) in [6.45, 7) is 2.68. The molecule has 0 aliphatic heterocycles. The van der Waals surface area contributed by atoms with Gasteiger partial charge in [0.1, 0.15) is 17.4 Å². The van der Waals surface area contributed by atoms with E-state index < -0.39 is 9.84 Å². The van der Waals surface area contributed by atoms with Crippen LogP contribution in [-0.4, -0.2) is 31.2 Å². The average Bonchev–Trinajstić information content (AvgIpc) is 2.42. The molecule has 0 bridgehead atoms. The lowest BCUT2D eigenvalue weighted by molar-refractivity contribution is 0.599. The molecular weight excluding hydrogens is 401 g/mol. The van der Waals surface area contributed by atoms with E-state index in [1.807, 2.05) is 37.3 Å². The number of anilines is 1. The van der Waals surface area contributed by atoms with Crippen molar-refractivity contribution in [1.82, 2.24) is 9.97 Å². The molecule has 21 heavy (non-hydrogen) atoms. The van der Waals surface area contributed by atoms with E-state index in [-0.39, 0.29) is 5.75 Å². The first-order valence-corrected chi connectivity index (χ1v) is 9.58. The van der Waals surface area contributed by atoms with E-state index in [9.17, 15) is 8.42 Å². The monoisotopic (exact) mass is 417 g/mol. The predicted octanol–water partition coefficient (Wildman–Crippen LogP) is 2.72. The second-order valence-electron chi connectivity index (χ2n) is 4.62. The van der Waals surface area contributed by atoms with Gasteiger partial charge in [-0.25, -0.2) is 18.4 Å². The molecule has 0 saturated carbocycles. The molecule has 0 fully saturated rings. The first-order valence-electron chi connectivity index (χ1n) is 6.44. The van der Waals surface area contributed by atoms with Gasteiger partial charge in [0.05, 0.1) is 9.26 Å². The topological polar surface area (TPSA) is 72.0 Å². The average molecular weight is 417 g/mol. The highest BCUT2D eigenvalue weighted by Gasteiger charge is 2.16. The lowest BCUT2D eigenvalue weighted by Gasteiger charge is -2.12. The Morgan fingerprint density at radius 3 is 2.43 bits per heavy atom. The van der Waals surface area contributed by atoms with Crippen molar-refractivity contribution in [3.05, 3.63) is 39.7 Å². The van der Waals surface area contributed by atoms with Crippen LogP contribution in [0.4, 0.5) is 5.82 Å². The van der Waals surface area contributed by atoms with E-state index in [2.05, 4.69) is 37.9 Å². The van der Waals surface area contributed by atoms with Gasteiger partial charge in [-0.05, 0) is 29.5 Å². The minimum absolute atomic E-state index is 0.165. The van der Waals surface area contributed by atoms with Crippen molar-refractivity contribution in [2.75, 3.05) is 18.1 Å². The summed E-state index contributed by atoms with van der Waals surface area (Å²) in [6, 6.07) is 9.68. The standard InChI is InChI=1S/C14H16IN3O2S/c1-3-16-14-12(15)13(10-7-5-4-6-8-10)17-11(18-14)9-21(2,19)20/h4-8H,3,9H2,1-2H3,(H,16,17,18). The van der Waals surface area contributed by atoms with Crippen molar-refractivity contribution in [3.8, 4) is 11.3 Å². The summed E-state index contributed by atoms with van der Waals surface area (Å²) in [6.07, 6.45) is 1.18. The van der Waals surface area contributed by atoms with Crippen LogP contribution >= 0.6 is 22.6 Å². The molecule has 0 aliphatic carbocycles. The second kappa shape index (κ2) is 6.69. The number of sulfone groups is 1. The van der Waals surface area contributed by atoms with Gasteiger partial charge in [-0.1, -0.05) is 30.3 Å². The summed E-state index contributed by atoms with van der Waals surface area (Å²) in [4.78, 5) is 8.76. The molecule has 7 heteroatoms. The third-order valence-corrected chi connectivity index (χ3v) is 4.48. The molecule has 2 aromatic rings. The lowest BCUT2D eigenvalue weighted by atomic mass is 10.1. The van der Waals surface area contributed by atoms with Crippen LogP contribution < -0.4 is 5.32 Å². The highest BCUT2D eigenvalue weighted by molar-refractivity contribution is 14.1. The molecule has 0 spiro atoms. The van der Waals surface area contributed by atoms with Crippen LogP contribution in [0, 0.1) is 3.57 Å². The number of aromatic nitrogens is 2. The molecule has 1 heterocycles. The molecule has 0 unspecified atom stereocenters. The van der Waals surface area contributed by atoms with Crippen molar-refractivity contribution >= 4 is 38.2 Å². The molecule has 0 radical (unpaired) electrons. The fourth-order valence-electron chi connectivity index (χ4n) is 1.86. The molecule has 0 amide bonds. The van der Waals surface area contributed by atoms with Crippen molar-refractivity contribution in [1.29, 1.82) is 0 Å². The molecule has 5 nitrogen and oxygen atoms in total. The van der Waals surface area contributed by atoms with Gasteiger partial charge in [0.25, 0.3) is 0 Å². The van der Waals surface area contributed by atoms with E-state index in [0.717, 1.165) is 14.8 Å². The largest absolute Gasteiger partial charge is 0.369 e. The van der Waals surface area contributed by atoms with Gasteiger partial charge >= 0.3 is 0 Å². The van der Waals surface area contributed by atoms with Crippen molar-refractivity contribution in [2.45, 2.75) is 12.7 Å². The maximum Gasteiger partial charge on any atom is 0.154 e.